The number of pyridine rings is 1. The van der Waals surface area contributed by atoms with E-state index in [1.807, 2.05) is 13.0 Å². The third-order valence-electron chi connectivity index (χ3n) is 2.77. The Balaban J connectivity index is 2.52. The summed E-state index contributed by atoms with van der Waals surface area (Å²) in [6.45, 7) is 4.17. The minimum absolute atomic E-state index is 0.335. The van der Waals surface area contributed by atoms with Crippen LogP contribution < -0.4 is 5.73 Å². The number of anilines is 1. The first kappa shape index (κ1) is 12.4. The van der Waals surface area contributed by atoms with Gasteiger partial charge < -0.3 is 10.5 Å². The Morgan fingerprint density at radius 2 is 2.11 bits per heavy atom. The van der Waals surface area contributed by atoms with E-state index in [2.05, 4.69) is 4.98 Å². The van der Waals surface area contributed by atoms with Gasteiger partial charge in [-0.05, 0) is 37.6 Å². The first-order valence-corrected chi connectivity index (χ1v) is 6.02. The van der Waals surface area contributed by atoms with Crippen LogP contribution in [-0.4, -0.2) is 17.6 Å². The summed E-state index contributed by atoms with van der Waals surface area (Å²) < 4.78 is 4.96. The van der Waals surface area contributed by atoms with Gasteiger partial charge in [-0.15, -0.1) is 0 Å². The lowest BCUT2D eigenvalue weighted by molar-refractivity contribution is 0.0526. The van der Waals surface area contributed by atoms with Crippen LogP contribution in [0.1, 0.15) is 29.9 Å². The van der Waals surface area contributed by atoms with Gasteiger partial charge in [-0.1, -0.05) is 6.92 Å². The number of ether oxygens (including phenoxy) is 1. The topological polar surface area (TPSA) is 65.2 Å². The molecule has 0 aliphatic carbocycles. The Bertz CT molecular complexity index is 594. The number of hydrogen-bond acceptors (Lipinski definition) is 4. The first-order chi connectivity index (χ1) is 8.65. The van der Waals surface area contributed by atoms with Crippen molar-refractivity contribution in [1.82, 2.24) is 4.98 Å². The van der Waals surface area contributed by atoms with Crippen molar-refractivity contribution in [3.05, 3.63) is 35.5 Å². The number of esters is 1. The molecule has 0 fully saturated rings. The maximum absolute atomic E-state index is 11.6. The van der Waals surface area contributed by atoms with Crippen LogP contribution in [0.15, 0.2) is 24.3 Å². The fourth-order valence-corrected chi connectivity index (χ4v) is 1.83. The summed E-state index contributed by atoms with van der Waals surface area (Å²) in [5.41, 5.74) is 8.88. The van der Waals surface area contributed by atoms with Crippen LogP contribution in [0.25, 0.3) is 10.9 Å². The molecule has 1 heterocycles. The molecule has 0 amide bonds. The molecular weight excluding hydrogens is 228 g/mol. The second kappa shape index (κ2) is 5.04. The van der Waals surface area contributed by atoms with Crippen molar-refractivity contribution in [2.75, 3.05) is 12.3 Å². The van der Waals surface area contributed by atoms with Crippen LogP contribution >= 0.6 is 0 Å². The fraction of sp³-hybridized carbons (Fsp3) is 0.286. The normalized spacial score (nSPS) is 10.6. The molecule has 0 atom stereocenters. The summed E-state index contributed by atoms with van der Waals surface area (Å²) in [6.07, 6.45) is 0.833. The molecule has 0 spiro atoms. The molecule has 0 radical (unpaired) electrons. The average molecular weight is 244 g/mol. The molecule has 0 bridgehead atoms. The van der Waals surface area contributed by atoms with Crippen molar-refractivity contribution >= 4 is 22.6 Å². The molecule has 1 aromatic carbocycles. The predicted molar refractivity (Wildman–Crippen MR) is 71.5 cm³/mol. The minimum Gasteiger partial charge on any atom is -0.462 e. The van der Waals surface area contributed by atoms with Gasteiger partial charge in [0.25, 0.3) is 0 Å². The van der Waals surface area contributed by atoms with Gasteiger partial charge in [0.05, 0.1) is 17.7 Å². The third kappa shape index (κ3) is 2.27. The molecule has 0 unspecified atom stereocenters. The maximum Gasteiger partial charge on any atom is 0.338 e. The monoisotopic (exact) mass is 244 g/mol. The molecular formula is C14H16N2O2. The lowest BCUT2D eigenvalue weighted by Gasteiger charge is -2.07. The molecule has 4 heteroatoms. The summed E-state index contributed by atoms with van der Waals surface area (Å²) in [7, 11) is 0. The minimum atomic E-state index is -0.335. The molecule has 1 aromatic heterocycles. The number of benzene rings is 1. The zero-order chi connectivity index (χ0) is 13.1. The van der Waals surface area contributed by atoms with Crippen LogP contribution in [0.5, 0.6) is 0 Å². The quantitative estimate of drug-likeness (QED) is 0.843. The third-order valence-corrected chi connectivity index (χ3v) is 2.77. The zero-order valence-electron chi connectivity index (χ0n) is 10.6. The Labute approximate surface area is 106 Å². The van der Waals surface area contributed by atoms with Crippen molar-refractivity contribution in [1.29, 1.82) is 0 Å². The van der Waals surface area contributed by atoms with Crippen molar-refractivity contribution in [2.24, 2.45) is 0 Å². The summed E-state index contributed by atoms with van der Waals surface area (Å²) in [5, 5.41) is 0.790. The average Bonchev–Trinajstić information content (AvgIpc) is 2.38. The van der Waals surface area contributed by atoms with Gasteiger partial charge in [-0.2, -0.15) is 0 Å². The SMILES string of the molecule is CCOC(=O)c1ccc2nc(CC)cc(N)c2c1. The van der Waals surface area contributed by atoms with Crippen LogP contribution in [0, 0.1) is 0 Å². The van der Waals surface area contributed by atoms with Crippen molar-refractivity contribution in [3.63, 3.8) is 0 Å². The molecule has 18 heavy (non-hydrogen) atoms. The first-order valence-electron chi connectivity index (χ1n) is 6.02. The second-order valence-corrected chi connectivity index (χ2v) is 4.01. The molecule has 2 rings (SSSR count). The smallest absolute Gasteiger partial charge is 0.338 e. The predicted octanol–water partition coefficient (Wildman–Crippen LogP) is 2.56. The second-order valence-electron chi connectivity index (χ2n) is 4.01. The van der Waals surface area contributed by atoms with E-state index in [1.54, 1.807) is 25.1 Å². The van der Waals surface area contributed by atoms with E-state index in [0.717, 1.165) is 23.0 Å². The van der Waals surface area contributed by atoms with E-state index in [-0.39, 0.29) is 5.97 Å². The number of aromatic nitrogens is 1. The van der Waals surface area contributed by atoms with Gasteiger partial charge in [-0.25, -0.2) is 4.79 Å². The highest BCUT2D eigenvalue weighted by atomic mass is 16.5. The van der Waals surface area contributed by atoms with Crippen molar-refractivity contribution < 1.29 is 9.53 Å². The van der Waals surface area contributed by atoms with Crippen molar-refractivity contribution in [2.45, 2.75) is 20.3 Å². The highest BCUT2D eigenvalue weighted by molar-refractivity contribution is 5.98. The Hall–Kier alpha value is -2.10. The van der Waals surface area contributed by atoms with Crippen molar-refractivity contribution in [3.8, 4) is 0 Å². The largest absolute Gasteiger partial charge is 0.462 e. The molecule has 0 aliphatic heterocycles. The molecule has 0 saturated heterocycles. The van der Waals surface area contributed by atoms with E-state index in [0.29, 0.717) is 17.9 Å². The van der Waals surface area contributed by atoms with Gasteiger partial charge >= 0.3 is 5.97 Å². The van der Waals surface area contributed by atoms with E-state index in [4.69, 9.17) is 10.5 Å². The molecule has 4 nitrogen and oxygen atoms in total. The fourth-order valence-electron chi connectivity index (χ4n) is 1.83. The van der Waals surface area contributed by atoms with Gasteiger partial charge in [0, 0.05) is 16.8 Å². The Morgan fingerprint density at radius 1 is 1.33 bits per heavy atom. The summed E-state index contributed by atoms with van der Waals surface area (Å²) in [5.74, 6) is -0.335. The number of nitrogens with zero attached hydrogens (tertiary/aromatic N) is 1. The molecule has 0 aliphatic rings. The molecule has 2 N–H and O–H groups in total. The van der Waals surface area contributed by atoms with E-state index in [1.165, 1.54) is 0 Å². The summed E-state index contributed by atoms with van der Waals surface area (Å²) in [6, 6.07) is 7.09. The highest BCUT2D eigenvalue weighted by Crippen LogP contribution is 2.22. The van der Waals surface area contributed by atoms with E-state index in [9.17, 15) is 4.79 Å². The van der Waals surface area contributed by atoms with Crippen LogP contribution in [0.2, 0.25) is 0 Å². The van der Waals surface area contributed by atoms with Gasteiger partial charge in [0.15, 0.2) is 0 Å². The summed E-state index contributed by atoms with van der Waals surface area (Å²) in [4.78, 5) is 16.1. The zero-order valence-corrected chi connectivity index (χ0v) is 10.6. The number of aryl methyl sites for hydroxylation is 1. The molecule has 94 valence electrons. The van der Waals surface area contributed by atoms with Gasteiger partial charge in [-0.3, -0.25) is 4.98 Å². The lowest BCUT2D eigenvalue weighted by Crippen LogP contribution is -2.05. The lowest BCUT2D eigenvalue weighted by atomic mass is 10.1. The Kier molecular flexibility index (Phi) is 3.46. The number of carbonyl (C=O) groups excluding carboxylic acids is 1. The number of rotatable bonds is 3. The molecule has 0 saturated carbocycles. The highest BCUT2D eigenvalue weighted by Gasteiger charge is 2.09. The number of nitrogen functional groups attached to an aromatic ring is 1. The van der Waals surface area contributed by atoms with Crippen LogP contribution in [0.4, 0.5) is 5.69 Å². The van der Waals surface area contributed by atoms with Crippen LogP contribution in [-0.2, 0) is 11.2 Å². The Morgan fingerprint density at radius 3 is 2.78 bits per heavy atom. The number of fused-ring (bicyclic) bond motifs is 1. The number of carbonyl (C=O) groups is 1. The number of nitrogens with two attached hydrogens (primary N) is 1. The number of hydrogen-bond donors (Lipinski definition) is 1. The molecule has 2 aromatic rings. The van der Waals surface area contributed by atoms with Crippen LogP contribution in [0.3, 0.4) is 0 Å². The van der Waals surface area contributed by atoms with Gasteiger partial charge in [0.1, 0.15) is 0 Å². The van der Waals surface area contributed by atoms with Gasteiger partial charge in [0.2, 0.25) is 0 Å². The van der Waals surface area contributed by atoms with E-state index < -0.39 is 0 Å². The standard InChI is InChI=1S/C14H16N2O2/c1-3-10-8-12(15)11-7-9(14(17)18-4-2)5-6-13(11)16-10/h5-8H,3-4H2,1-2H3,(H2,15,16). The van der Waals surface area contributed by atoms with E-state index >= 15 is 0 Å². The maximum atomic E-state index is 11.6. The summed E-state index contributed by atoms with van der Waals surface area (Å²) >= 11 is 0.